The van der Waals surface area contributed by atoms with Crippen molar-refractivity contribution in [2.75, 3.05) is 0 Å². The Hall–Kier alpha value is -1.46. The summed E-state index contributed by atoms with van der Waals surface area (Å²) in [4.78, 5) is 13.8. The van der Waals surface area contributed by atoms with E-state index in [-0.39, 0.29) is 56.7 Å². The van der Waals surface area contributed by atoms with Gasteiger partial charge in [-0.15, -0.1) is 0 Å². The van der Waals surface area contributed by atoms with Gasteiger partial charge in [0.15, 0.2) is 5.52 Å². The summed E-state index contributed by atoms with van der Waals surface area (Å²) in [5.74, 6) is 2.07. The molecular weight excluding hydrogens is 474 g/mol. The number of carbonyl (C=O) groups is 1. The van der Waals surface area contributed by atoms with Gasteiger partial charge in [-0.2, -0.15) is 0 Å². The van der Waals surface area contributed by atoms with E-state index in [0.717, 1.165) is 41.3 Å². The quantitative estimate of drug-likeness (QED) is 0.212. The Labute approximate surface area is 239 Å². The van der Waals surface area contributed by atoms with Gasteiger partial charge in [0.2, 0.25) is 0 Å². The van der Waals surface area contributed by atoms with Crippen LogP contribution in [0.3, 0.4) is 0 Å². The fourth-order valence-corrected chi connectivity index (χ4v) is 5.04. The first-order valence-corrected chi connectivity index (χ1v) is 14.4. The molecule has 37 heavy (non-hydrogen) atoms. The van der Waals surface area contributed by atoms with Crippen molar-refractivity contribution in [2.24, 2.45) is 0 Å². The van der Waals surface area contributed by atoms with Crippen LogP contribution in [-0.2, 0) is 5.41 Å². The van der Waals surface area contributed by atoms with E-state index >= 15 is 0 Å². The molecule has 0 saturated heterocycles. The van der Waals surface area contributed by atoms with E-state index in [1.54, 1.807) is 0 Å². The monoisotopic (exact) mass is 522 g/mol. The zero-order chi connectivity index (χ0) is 27.2. The molecule has 0 heterocycles. The fourth-order valence-electron chi connectivity index (χ4n) is 3.79. The molecule has 2 aromatic rings. The van der Waals surface area contributed by atoms with Crippen molar-refractivity contribution >= 4 is 38.3 Å². The Bertz CT molecular complexity index is 988. The number of hydrogen-bond acceptors (Lipinski definition) is 4. The van der Waals surface area contributed by atoms with Crippen molar-refractivity contribution in [3.63, 3.8) is 0 Å². The molecule has 0 aliphatic rings. The molecule has 6 heteroatoms. The van der Waals surface area contributed by atoms with Crippen LogP contribution in [-0.4, -0.2) is 42.7 Å². The zero-order valence-electron chi connectivity index (χ0n) is 24.3. The van der Waals surface area contributed by atoms with Gasteiger partial charge in [0.25, 0.3) is 0 Å². The molecule has 0 aliphatic carbocycles. The van der Waals surface area contributed by atoms with Gasteiger partial charge in [-0.05, 0) is 84.6 Å². The zero-order valence-corrected chi connectivity index (χ0v) is 25.3. The van der Waals surface area contributed by atoms with Crippen molar-refractivity contribution in [3.8, 4) is 17.2 Å². The summed E-state index contributed by atoms with van der Waals surface area (Å²) in [5, 5.41) is 0.816. The van der Waals surface area contributed by atoms with Crippen molar-refractivity contribution in [1.82, 2.24) is 0 Å². The average Bonchev–Trinajstić information content (AvgIpc) is 2.79. The van der Waals surface area contributed by atoms with E-state index in [1.165, 1.54) is 5.56 Å². The molecule has 2 aromatic carbocycles. The average molecular weight is 523 g/mol. The fraction of sp³-hybridized carbons (Fsp3) is 0.581. The summed E-state index contributed by atoms with van der Waals surface area (Å²) < 4.78 is 18.9. The molecule has 4 unspecified atom stereocenters. The molecule has 4 atom stereocenters. The Morgan fingerprint density at radius 2 is 1.19 bits per heavy atom. The summed E-state index contributed by atoms with van der Waals surface area (Å²) in [6.45, 7) is 23.1. The number of carbonyl (C=O) groups excluding carboxylic acids is 1. The minimum absolute atomic E-state index is 0. The van der Waals surface area contributed by atoms with Gasteiger partial charge >= 0.3 is 18.9 Å². The Morgan fingerprint density at radius 3 is 1.57 bits per heavy atom. The molecule has 0 spiro atoms. The summed E-state index contributed by atoms with van der Waals surface area (Å²) >= 11 is 0. The number of aryl methyl sites for hydroxylation is 2. The van der Waals surface area contributed by atoms with Crippen LogP contribution in [0.2, 0.25) is 0 Å². The van der Waals surface area contributed by atoms with Crippen molar-refractivity contribution < 1.29 is 19.0 Å². The van der Waals surface area contributed by atoms with E-state index < -0.39 is 0 Å². The molecule has 0 N–H and O–H groups in total. The van der Waals surface area contributed by atoms with Crippen LogP contribution in [0, 0.1) is 13.8 Å². The summed E-state index contributed by atoms with van der Waals surface area (Å²) in [6.07, 6.45) is 2.71. The van der Waals surface area contributed by atoms with Gasteiger partial charge in [0.1, 0.15) is 17.2 Å². The minimum atomic E-state index is -0.120. The standard InChI is InChI=1S/C31H47O4P.Li.H/c1-12-21(6)33-25-17-26(34-22(7)13-2)29(27(18-25)35-23(8)14-3)36-30(32)28-19(4)15-24(16-20(28)5)31(9,10)11;;/h15-18,21-23,36H,12-14H2,1-11H3;;. The van der Waals surface area contributed by atoms with Crippen LogP contribution in [0.4, 0.5) is 0 Å². The second-order valence-electron chi connectivity index (χ2n) is 11.0. The molecule has 0 bridgehead atoms. The Kier molecular flexibility index (Phi) is 13.3. The topological polar surface area (TPSA) is 44.8 Å². The number of benzene rings is 2. The molecule has 2 rings (SSSR count). The first kappa shape index (κ1) is 33.6. The maximum atomic E-state index is 13.8. The second-order valence-corrected chi connectivity index (χ2v) is 12.2. The van der Waals surface area contributed by atoms with Crippen molar-refractivity contribution in [2.45, 2.75) is 119 Å². The molecule has 0 amide bonds. The van der Waals surface area contributed by atoms with Gasteiger partial charge in [0, 0.05) is 17.7 Å². The van der Waals surface area contributed by atoms with Gasteiger partial charge in [0.05, 0.1) is 23.6 Å². The molecule has 0 aliphatic heterocycles. The predicted octanol–water partition coefficient (Wildman–Crippen LogP) is 7.63. The first-order chi connectivity index (χ1) is 16.8. The molecule has 4 nitrogen and oxygen atoms in total. The van der Waals surface area contributed by atoms with Crippen LogP contribution in [0.5, 0.6) is 17.2 Å². The predicted molar refractivity (Wildman–Crippen MR) is 162 cm³/mol. The van der Waals surface area contributed by atoms with E-state index in [9.17, 15) is 4.79 Å². The van der Waals surface area contributed by atoms with E-state index in [2.05, 4.69) is 60.6 Å². The Balaban J connectivity index is 0.00000684. The van der Waals surface area contributed by atoms with Crippen LogP contribution >= 0.6 is 8.58 Å². The molecule has 0 fully saturated rings. The van der Waals surface area contributed by atoms with E-state index in [0.29, 0.717) is 17.2 Å². The van der Waals surface area contributed by atoms with Crippen LogP contribution in [0.25, 0.3) is 0 Å². The third-order valence-electron chi connectivity index (χ3n) is 6.62. The summed E-state index contributed by atoms with van der Waals surface area (Å²) in [6, 6.07) is 8.17. The maximum absolute atomic E-state index is 13.8. The third-order valence-corrected chi connectivity index (χ3v) is 7.84. The van der Waals surface area contributed by atoms with Crippen molar-refractivity contribution in [3.05, 3.63) is 46.5 Å². The van der Waals surface area contributed by atoms with Crippen LogP contribution < -0.4 is 19.5 Å². The van der Waals surface area contributed by atoms with Crippen LogP contribution in [0.15, 0.2) is 24.3 Å². The van der Waals surface area contributed by atoms with Crippen molar-refractivity contribution in [1.29, 1.82) is 0 Å². The second kappa shape index (κ2) is 14.6. The molecular formula is C31H48LiO4P. The number of hydrogen-bond donors (Lipinski definition) is 0. The SMILES string of the molecule is CCC(C)Oc1cc(OC(C)CC)c(PC(=O)c2c(C)cc(C(C)(C)C)cc2C)c(OC(C)CC)c1.[LiH]. The van der Waals surface area contributed by atoms with Gasteiger partial charge < -0.3 is 14.2 Å². The van der Waals surface area contributed by atoms with Gasteiger partial charge in [-0.1, -0.05) is 53.7 Å². The van der Waals surface area contributed by atoms with Crippen LogP contribution in [0.1, 0.15) is 109 Å². The van der Waals surface area contributed by atoms with E-state index in [1.807, 2.05) is 39.8 Å². The summed E-state index contributed by atoms with van der Waals surface area (Å²) in [7, 11) is -0.120. The normalized spacial score (nSPS) is 14.1. The molecule has 0 radical (unpaired) electrons. The molecule has 202 valence electrons. The van der Waals surface area contributed by atoms with Gasteiger partial charge in [-0.25, -0.2) is 0 Å². The first-order valence-electron chi connectivity index (χ1n) is 13.4. The van der Waals surface area contributed by atoms with Gasteiger partial charge in [-0.3, -0.25) is 4.79 Å². The van der Waals surface area contributed by atoms with E-state index in [4.69, 9.17) is 14.2 Å². The molecule has 0 aromatic heterocycles. The molecule has 0 saturated carbocycles. The summed E-state index contributed by atoms with van der Waals surface area (Å²) in [5.41, 5.74) is 4.20. The number of ether oxygens (including phenoxy) is 3. The number of rotatable bonds is 12. The third kappa shape index (κ3) is 9.35. The Morgan fingerprint density at radius 1 is 0.784 bits per heavy atom.